The van der Waals surface area contributed by atoms with Crippen molar-refractivity contribution in [1.82, 2.24) is 0 Å². The Morgan fingerprint density at radius 2 is 1.86 bits per heavy atom. The molecule has 0 saturated heterocycles. The van der Waals surface area contributed by atoms with E-state index in [0.29, 0.717) is 6.61 Å². The maximum atomic E-state index is 5.90. The van der Waals surface area contributed by atoms with Crippen molar-refractivity contribution in [2.45, 2.75) is 26.8 Å². The molecule has 2 N–H and O–H groups in total. The quantitative estimate of drug-likeness (QED) is 0.838. The van der Waals surface area contributed by atoms with E-state index in [1.165, 1.54) is 0 Å². The van der Waals surface area contributed by atoms with E-state index in [9.17, 15) is 0 Å². The molecule has 3 heteroatoms. The van der Waals surface area contributed by atoms with Crippen LogP contribution in [0.3, 0.4) is 0 Å². The van der Waals surface area contributed by atoms with Crippen LogP contribution in [-0.2, 0) is 0 Å². The highest BCUT2D eigenvalue weighted by Crippen LogP contribution is 2.26. The van der Waals surface area contributed by atoms with Crippen LogP contribution in [0.5, 0.6) is 5.75 Å². The summed E-state index contributed by atoms with van der Waals surface area (Å²) in [5.41, 5.74) is 7.72. The summed E-state index contributed by atoms with van der Waals surface area (Å²) in [6.45, 7) is 6.41. The molecule has 14 heavy (non-hydrogen) atoms. The van der Waals surface area contributed by atoms with Crippen molar-refractivity contribution < 1.29 is 4.74 Å². The van der Waals surface area contributed by atoms with Crippen LogP contribution in [0.25, 0.3) is 0 Å². The molecule has 1 atom stereocenters. The molecule has 78 valence electrons. The van der Waals surface area contributed by atoms with E-state index < -0.39 is 0 Å². The predicted octanol–water partition coefficient (Wildman–Crippen LogP) is 2.68. The van der Waals surface area contributed by atoms with Crippen molar-refractivity contribution in [2.24, 2.45) is 5.73 Å². The zero-order valence-corrected chi connectivity index (χ0v) is 9.56. The number of hydrogen-bond acceptors (Lipinski definition) is 2. The normalized spacial score (nSPS) is 12.6. The van der Waals surface area contributed by atoms with E-state index in [-0.39, 0.29) is 6.04 Å². The summed E-state index contributed by atoms with van der Waals surface area (Å²) in [6, 6.07) is 3.83. The van der Waals surface area contributed by atoms with Crippen LogP contribution in [0, 0.1) is 13.8 Å². The number of ether oxygens (including phenoxy) is 1. The van der Waals surface area contributed by atoms with Gasteiger partial charge in [-0.25, -0.2) is 0 Å². The molecule has 0 aliphatic rings. The van der Waals surface area contributed by atoms with Crippen LogP contribution in [0.4, 0.5) is 0 Å². The minimum absolute atomic E-state index is 0.0458. The van der Waals surface area contributed by atoms with Crippen molar-refractivity contribution in [1.29, 1.82) is 0 Å². The Labute approximate surface area is 90.0 Å². The van der Waals surface area contributed by atoms with Gasteiger partial charge < -0.3 is 10.5 Å². The number of aryl methyl sites for hydroxylation is 2. The lowest BCUT2D eigenvalue weighted by molar-refractivity contribution is 0.292. The molecule has 0 unspecified atom stereocenters. The molecular weight excluding hydrogens is 198 g/mol. The molecule has 0 aliphatic carbocycles. The fraction of sp³-hybridized carbons (Fsp3) is 0.455. The van der Waals surface area contributed by atoms with Gasteiger partial charge in [0, 0.05) is 11.1 Å². The number of halogens is 1. The SMILES string of the molecule is Cc1cc(Cl)cc(C)c1OC[C@@H](C)N. The maximum Gasteiger partial charge on any atom is 0.125 e. The van der Waals surface area contributed by atoms with Gasteiger partial charge in [0.15, 0.2) is 0 Å². The van der Waals surface area contributed by atoms with Crippen LogP contribution in [-0.4, -0.2) is 12.6 Å². The Kier molecular flexibility index (Phi) is 3.78. The third kappa shape index (κ3) is 2.89. The molecule has 0 aliphatic heterocycles. The molecule has 0 heterocycles. The van der Waals surface area contributed by atoms with E-state index in [1.54, 1.807) is 0 Å². The molecule has 0 spiro atoms. The van der Waals surface area contributed by atoms with Crippen molar-refractivity contribution in [3.8, 4) is 5.75 Å². The average Bonchev–Trinajstić information content (AvgIpc) is 2.01. The lowest BCUT2D eigenvalue weighted by atomic mass is 10.1. The van der Waals surface area contributed by atoms with Crippen molar-refractivity contribution in [3.05, 3.63) is 28.3 Å². The molecule has 0 radical (unpaired) electrons. The molecule has 0 aromatic heterocycles. The van der Waals surface area contributed by atoms with Gasteiger partial charge >= 0.3 is 0 Å². The Morgan fingerprint density at radius 1 is 1.36 bits per heavy atom. The number of hydrogen-bond donors (Lipinski definition) is 1. The number of benzene rings is 1. The molecule has 0 fully saturated rings. The summed E-state index contributed by atoms with van der Waals surface area (Å²) in [5, 5.41) is 0.744. The third-order valence-electron chi connectivity index (χ3n) is 1.92. The third-order valence-corrected chi connectivity index (χ3v) is 2.13. The highest BCUT2D eigenvalue weighted by atomic mass is 35.5. The summed E-state index contributed by atoms with van der Waals surface area (Å²) in [7, 11) is 0. The van der Waals surface area contributed by atoms with Gasteiger partial charge in [-0.15, -0.1) is 0 Å². The molecular formula is C11H16ClNO. The molecule has 0 amide bonds. The first-order valence-corrected chi connectivity index (χ1v) is 5.03. The van der Waals surface area contributed by atoms with Gasteiger partial charge in [0.1, 0.15) is 12.4 Å². The molecule has 1 aromatic carbocycles. The highest BCUT2D eigenvalue weighted by Gasteiger charge is 2.06. The molecule has 2 nitrogen and oxygen atoms in total. The number of rotatable bonds is 3. The fourth-order valence-corrected chi connectivity index (χ4v) is 1.67. The Hall–Kier alpha value is -0.730. The van der Waals surface area contributed by atoms with Gasteiger partial charge in [-0.3, -0.25) is 0 Å². The fourth-order valence-electron chi connectivity index (χ4n) is 1.34. The maximum absolute atomic E-state index is 5.90. The summed E-state index contributed by atoms with van der Waals surface area (Å²) in [4.78, 5) is 0. The summed E-state index contributed by atoms with van der Waals surface area (Å²) in [5.74, 6) is 0.895. The van der Waals surface area contributed by atoms with Gasteiger partial charge in [-0.2, -0.15) is 0 Å². The van der Waals surface area contributed by atoms with Crippen LogP contribution in [0.15, 0.2) is 12.1 Å². The van der Waals surface area contributed by atoms with Crippen LogP contribution < -0.4 is 10.5 Å². The smallest absolute Gasteiger partial charge is 0.125 e. The van der Waals surface area contributed by atoms with Crippen LogP contribution in [0.2, 0.25) is 5.02 Å². The summed E-state index contributed by atoms with van der Waals surface area (Å²) in [6.07, 6.45) is 0. The highest BCUT2D eigenvalue weighted by molar-refractivity contribution is 6.30. The lowest BCUT2D eigenvalue weighted by Crippen LogP contribution is -2.24. The second-order valence-corrected chi connectivity index (χ2v) is 4.09. The predicted molar refractivity (Wildman–Crippen MR) is 60.1 cm³/mol. The minimum atomic E-state index is 0.0458. The van der Waals surface area contributed by atoms with Gasteiger partial charge in [-0.1, -0.05) is 11.6 Å². The molecule has 1 aromatic rings. The average molecular weight is 214 g/mol. The zero-order chi connectivity index (χ0) is 10.7. The monoisotopic (exact) mass is 213 g/mol. The first kappa shape index (κ1) is 11.3. The topological polar surface area (TPSA) is 35.2 Å². The molecule has 1 rings (SSSR count). The zero-order valence-electron chi connectivity index (χ0n) is 8.80. The van der Waals surface area contributed by atoms with Gasteiger partial charge in [0.05, 0.1) is 0 Å². The standard InChI is InChI=1S/C11H16ClNO/c1-7-4-10(12)5-8(2)11(7)14-6-9(3)13/h4-5,9H,6,13H2,1-3H3/t9-/m1/s1. The summed E-state index contributed by atoms with van der Waals surface area (Å²) >= 11 is 5.90. The van der Waals surface area contributed by atoms with Gasteiger partial charge in [-0.05, 0) is 44.0 Å². The van der Waals surface area contributed by atoms with Crippen molar-refractivity contribution in [2.75, 3.05) is 6.61 Å². The summed E-state index contributed by atoms with van der Waals surface area (Å²) < 4.78 is 5.60. The Bertz CT molecular complexity index is 300. The number of nitrogens with two attached hydrogens (primary N) is 1. The lowest BCUT2D eigenvalue weighted by Gasteiger charge is -2.14. The van der Waals surface area contributed by atoms with Gasteiger partial charge in [0.2, 0.25) is 0 Å². The van der Waals surface area contributed by atoms with E-state index in [4.69, 9.17) is 22.1 Å². The molecule has 0 bridgehead atoms. The van der Waals surface area contributed by atoms with Crippen molar-refractivity contribution in [3.63, 3.8) is 0 Å². The second kappa shape index (κ2) is 4.67. The minimum Gasteiger partial charge on any atom is -0.491 e. The Morgan fingerprint density at radius 3 is 2.29 bits per heavy atom. The van der Waals surface area contributed by atoms with Crippen LogP contribution >= 0.6 is 11.6 Å². The largest absolute Gasteiger partial charge is 0.491 e. The van der Waals surface area contributed by atoms with Gasteiger partial charge in [0.25, 0.3) is 0 Å². The second-order valence-electron chi connectivity index (χ2n) is 3.66. The van der Waals surface area contributed by atoms with E-state index in [0.717, 1.165) is 21.9 Å². The van der Waals surface area contributed by atoms with Crippen LogP contribution in [0.1, 0.15) is 18.1 Å². The molecule has 0 saturated carbocycles. The first-order chi connectivity index (χ1) is 6.50. The Balaban J connectivity index is 2.86. The van der Waals surface area contributed by atoms with Crippen molar-refractivity contribution >= 4 is 11.6 Å². The van der Waals surface area contributed by atoms with E-state index >= 15 is 0 Å². The first-order valence-electron chi connectivity index (χ1n) is 4.66. The van der Waals surface area contributed by atoms with E-state index in [2.05, 4.69) is 0 Å². The van der Waals surface area contributed by atoms with E-state index in [1.807, 2.05) is 32.9 Å².